The van der Waals surface area contributed by atoms with Gasteiger partial charge in [-0.2, -0.15) is 4.57 Å². The molecule has 5 heteroatoms. The SMILES string of the molecule is CCCCCCCCCCCCCCCCCC(=O)Oc1ccc(CC[n+]2c(C)cc(C)cc2C)cc1OC(=O)CCCCCCCCCCCCCCCCC. The van der Waals surface area contributed by atoms with E-state index in [2.05, 4.69) is 51.3 Å². The molecule has 0 atom stereocenters. The Hall–Kier alpha value is -2.69. The Morgan fingerprint density at radius 1 is 0.439 bits per heavy atom. The second kappa shape index (κ2) is 34.2. The molecule has 0 aliphatic rings. The maximum Gasteiger partial charge on any atom is 0.311 e. The average Bonchev–Trinajstić information content (AvgIpc) is 3.18. The largest absolute Gasteiger partial charge is 0.423 e. The highest BCUT2D eigenvalue weighted by Gasteiger charge is 2.17. The van der Waals surface area contributed by atoms with Crippen molar-refractivity contribution in [1.29, 1.82) is 0 Å². The van der Waals surface area contributed by atoms with E-state index in [-0.39, 0.29) is 11.9 Å². The lowest BCUT2D eigenvalue weighted by atomic mass is 10.0. The van der Waals surface area contributed by atoms with Gasteiger partial charge in [-0.05, 0) is 43.0 Å². The summed E-state index contributed by atoms with van der Waals surface area (Å²) >= 11 is 0. The fourth-order valence-electron chi connectivity index (χ4n) is 8.23. The van der Waals surface area contributed by atoms with Crippen molar-refractivity contribution in [3.05, 3.63) is 52.8 Å². The number of hydrogen-bond donors (Lipinski definition) is 0. The van der Waals surface area contributed by atoms with Gasteiger partial charge in [-0.3, -0.25) is 9.59 Å². The van der Waals surface area contributed by atoms with Gasteiger partial charge in [0.1, 0.15) is 0 Å². The summed E-state index contributed by atoms with van der Waals surface area (Å²) in [7, 11) is 0. The van der Waals surface area contributed by atoms with Gasteiger partial charge >= 0.3 is 11.9 Å². The summed E-state index contributed by atoms with van der Waals surface area (Å²) in [6.45, 7) is 11.8. The molecule has 0 spiro atoms. The van der Waals surface area contributed by atoms with Gasteiger partial charge < -0.3 is 9.47 Å². The Bertz CT molecular complexity index is 1300. The fraction of sp³-hybridized carbons (Fsp3) is 0.750. The maximum absolute atomic E-state index is 13.1. The van der Waals surface area contributed by atoms with Gasteiger partial charge in [0.2, 0.25) is 0 Å². The van der Waals surface area contributed by atoms with Gasteiger partial charge in [0.25, 0.3) is 0 Å². The van der Waals surface area contributed by atoms with Crippen LogP contribution in [0.2, 0.25) is 0 Å². The molecule has 1 heterocycles. The number of aromatic nitrogens is 1. The van der Waals surface area contributed by atoms with Crippen LogP contribution in [0.1, 0.15) is 242 Å². The molecule has 0 unspecified atom stereocenters. The molecule has 0 N–H and O–H groups in total. The molecule has 0 fully saturated rings. The first-order valence-electron chi connectivity index (χ1n) is 24.4. The minimum absolute atomic E-state index is 0.249. The zero-order chi connectivity index (χ0) is 41.2. The first-order valence-corrected chi connectivity index (χ1v) is 24.4. The first kappa shape index (κ1) is 50.5. The van der Waals surface area contributed by atoms with Crippen molar-refractivity contribution in [2.24, 2.45) is 0 Å². The Morgan fingerprint density at radius 2 is 0.772 bits per heavy atom. The van der Waals surface area contributed by atoms with Crippen LogP contribution in [0.15, 0.2) is 30.3 Å². The summed E-state index contributed by atoms with van der Waals surface area (Å²) < 4.78 is 14.1. The number of nitrogens with zero attached hydrogens (tertiary/aromatic N) is 1. The molecule has 2 aromatic rings. The smallest absolute Gasteiger partial charge is 0.311 e. The highest BCUT2D eigenvalue weighted by atomic mass is 16.6. The lowest BCUT2D eigenvalue weighted by Gasteiger charge is -2.13. The molecule has 324 valence electrons. The molecule has 5 nitrogen and oxygen atoms in total. The van der Waals surface area contributed by atoms with E-state index in [0.29, 0.717) is 24.3 Å². The molecule has 0 saturated heterocycles. The van der Waals surface area contributed by atoms with Crippen molar-refractivity contribution < 1.29 is 23.6 Å². The fourth-order valence-corrected chi connectivity index (χ4v) is 8.23. The molecule has 0 saturated carbocycles. The van der Waals surface area contributed by atoms with Gasteiger partial charge in [-0.1, -0.05) is 200 Å². The third-order valence-corrected chi connectivity index (χ3v) is 11.8. The van der Waals surface area contributed by atoms with Gasteiger partial charge in [0.15, 0.2) is 29.4 Å². The number of ether oxygens (including phenoxy) is 2. The second-order valence-electron chi connectivity index (χ2n) is 17.3. The van der Waals surface area contributed by atoms with Crippen molar-refractivity contribution in [2.45, 2.75) is 253 Å². The Kier molecular flexibility index (Phi) is 30.3. The minimum Gasteiger partial charge on any atom is -0.423 e. The Morgan fingerprint density at radius 3 is 1.14 bits per heavy atom. The predicted molar refractivity (Wildman–Crippen MR) is 241 cm³/mol. The van der Waals surface area contributed by atoms with Crippen LogP contribution in [0, 0.1) is 20.8 Å². The first-order chi connectivity index (χ1) is 27.8. The molecule has 0 aliphatic carbocycles. The summed E-state index contributed by atoms with van der Waals surface area (Å²) in [5, 5.41) is 0. The van der Waals surface area contributed by atoms with Crippen LogP contribution >= 0.6 is 0 Å². The summed E-state index contributed by atoms with van der Waals surface area (Å²) in [5.74, 6) is 0.218. The Labute approximate surface area is 351 Å². The van der Waals surface area contributed by atoms with Crippen LogP contribution in [0.4, 0.5) is 0 Å². The van der Waals surface area contributed by atoms with Crippen molar-refractivity contribution in [1.82, 2.24) is 0 Å². The van der Waals surface area contributed by atoms with Crippen molar-refractivity contribution in [3.63, 3.8) is 0 Å². The van der Waals surface area contributed by atoms with E-state index < -0.39 is 0 Å². The number of benzene rings is 1. The van der Waals surface area contributed by atoms with Gasteiger partial charge in [0, 0.05) is 45.2 Å². The van der Waals surface area contributed by atoms with Crippen molar-refractivity contribution in [2.75, 3.05) is 0 Å². The number of esters is 2. The molecule has 2 rings (SSSR count). The quantitative estimate of drug-likeness (QED) is 0.0296. The van der Waals surface area contributed by atoms with Crippen LogP contribution < -0.4 is 14.0 Å². The third kappa shape index (κ3) is 26.1. The molecule has 0 aliphatic heterocycles. The van der Waals surface area contributed by atoms with Crippen molar-refractivity contribution >= 4 is 11.9 Å². The van der Waals surface area contributed by atoms with E-state index in [1.165, 1.54) is 177 Å². The summed E-state index contributed by atoms with van der Waals surface area (Å²) in [6.07, 6.45) is 40.3. The average molecular weight is 791 g/mol. The van der Waals surface area contributed by atoms with Crippen molar-refractivity contribution in [3.8, 4) is 11.5 Å². The number of pyridine rings is 1. The number of rotatable bonds is 37. The van der Waals surface area contributed by atoms with Crippen LogP contribution in [0.25, 0.3) is 0 Å². The normalized spacial score (nSPS) is 11.3. The van der Waals surface area contributed by atoms with Gasteiger partial charge in [-0.15, -0.1) is 0 Å². The van der Waals surface area contributed by atoms with E-state index in [1.807, 2.05) is 18.2 Å². The highest BCUT2D eigenvalue weighted by molar-refractivity contribution is 5.76. The van der Waals surface area contributed by atoms with Crippen LogP contribution in [0.3, 0.4) is 0 Å². The molecule has 0 bridgehead atoms. The highest BCUT2D eigenvalue weighted by Crippen LogP contribution is 2.30. The molecular weight excluding hydrogens is 703 g/mol. The molecule has 1 aromatic heterocycles. The topological polar surface area (TPSA) is 56.5 Å². The number of carbonyl (C=O) groups excluding carboxylic acids is 2. The van der Waals surface area contributed by atoms with E-state index in [1.54, 1.807) is 0 Å². The zero-order valence-electron chi connectivity index (χ0n) is 38.0. The lowest BCUT2D eigenvalue weighted by Crippen LogP contribution is -2.41. The second-order valence-corrected chi connectivity index (χ2v) is 17.3. The van der Waals surface area contributed by atoms with E-state index in [9.17, 15) is 9.59 Å². The minimum atomic E-state index is -0.251. The summed E-state index contributed by atoms with van der Waals surface area (Å²) in [4.78, 5) is 26.0. The van der Waals surface area contributed by atoms with E-state index in [4.69, 9.17) is 9.47 Å². The molecule has 0 radical (unpaired) electrons. The zero-order valence-corrected chi connectivity index (χ0v) is 38.0. The lowest BCUT2D eigenvalue weighted by molar-refractivity contribution is -0.708. The number of aryl methyl sites for hydroxylation is 4. The Balaban J connectivity index is 1.73. The number of hydrogen-bond acceptors (Lipinski definition) is 4. The van der Waals surface area contributed by atoms with Crippen LogP contribution in [-0.4, -0.2) is 11.9 Å². The van der Waals surface area contributed by atoms with E-state index >= 15 is 0 Å². The number of carbonyl (C=O) groups is 2. The molecule has 0 amide bonds. The van der Waals surface area contributed by atoms with Gasteiger partial charge in [0.05, 0.1) is 0 Å². The predicted octanol–water partition coefficient (Wildman–Crippen LogP) is 15.5. The summed E-state index contributed by atoms with van der Waals surface area (Å²) in [5.41, 5.74) is 4.78. The molecule has 1 aromatic carbocycles. The molecule has 57 heavy (non-hydrogen) atoms. The van der Waals surface area contributed by atoms with E-state index in [0.717, 1.165) is 50.6 Å². The standard InChI is InChI=1S/C52H88NO4/c1-6-8-10-12-14-16-18-20-22-24-26-28-30-32-34-36-51(54)56-49-39-38-48(40-41-53-46(4)42-45(3)43-47(53)5)44-50(49)57-52(55)37-35-33-31-29-27-25-23-21-19-17-15-13-11-9-7-2/h38-39,42-44H,6-37,40-41H2,1-5H3/q+1. The van der Waals surface area contributed by atoms with Crippen LogP contribution in [0.5, 0.6) is 11.5 Å². The van der Waals surface area contributed by atoms with Gasteiger partial charge in [-0.25, -0.2) is 0 Å². The monoisotopic (exact) mass is 791 g/mol. The van der Waals surface area contributed by atoms with Crippen LogP contribution in [-0.2, 0) is 22.6 Å². The maximum atomic E-state index is 13.1. The third-order valence-electron chi connectivity index (χ3n) is 11.8. The molecular formula is C52H88NO4+. The number of unbranched alkanes of at least 4 members (excludes halogenated alkanes) is 28. The summed E-state index contributed by atoms with van der Waals surface area (Å²) in [6, 6.07) is 10.1.